The minimum atomic E-state index is -0.981. The van der Waals surface area contributed by atoms with Crippen LogP contribution in [0.1, 0.15) is 12.5 Å². The molecule has 0 saturated carbocycles. The van der Waals surface area contributed by atoms with E-state index in [0.717, 1.165) is 17.7 Å². The second-order valence-corrected chi connectivity index (χ2v) is 5.39. The van der Waals surface area contributed by atoms with Crippen LogP contribution in [0.4, 0.5) is 8.78 Å². The van der Waals surface area contributed by atoms with Gasteiger partial charge in [0.15, 0.2) is 23.1 Å². The van der Waals surface area contributed by atoms with E-state index in [4.69, 9.17) is 14.2 Å². The largest absolute Gasteiger partial charge is 0.493 e. The van der Waals surface area contributed by atoms with Gasteiger partial charge in [-0.3, -0.25) is 4.79 Å². The molecule has 7 heteroatoms. The second-order valence-electron chi connectivity index (χ2n) is 5.39. The molecule has 2 rings (SSSR count). The van der Waals surface area contributed by atoms with Gasteiger partial charge >= 0.3 is 0 Å². The van der Waals surface area contributed by atoms with Crippen LogP contribution in [0.15, 0.2) is 42.5 Å². The van der Waals surface area contributed by atoms with Crippen molar-refractivity contribution in [3.8, 4) is 17.2 Å². The summed E-state index contributed by atoms with van der Waals surface area (Å²) in [6, 6.07) is 8.60. The third-order valence-corrected chi connectivity index (χ3v) is 3.48. The third-order valence-electron chi connectivity index (χ3n) is 3.48. The first-order valence-corrected chi connectivity index (χ1v) is 8.38. The van der Waals surface area contributed by atoms with Crippen molar-refractivity contribution in [3.05, 3.63) is 59.7 Å². The van der Waals surface area contributed by atoms with Gasteiger partial charge in [-0.05, 0) is 42.8 Å². The number of ether oxygens (including phenoxy) is 3. The zero-order valence-electron chi connectivity index (χ0n) is 15.1. The maximum absolute atomic E-state index is 13.0. The quantitative estimate of drug-likeness (QED) is 0.536. The Morgan fingerprint density at radius 2 is 1.89 bits per heavy atom. The van der Waals surface area contributed by atoms with E-state index in [0.29, 0.717) is 18.1 Å². The highest BCUT2D eigenvalue weighted by atomic mass is 19.2. The smallest absolute Gasteiger partial charge is 0.244 e. The minimum Gasteiger partial charge on any atom is -0.493 e. The molecular weight excluding hydrogens is 356 g/mol. The Morgan fingerprint density at radius 1 is 1.07 bits per heavy atom. The highest BCUT2D eigenvalue weighted by molar-refractivity contribution is 5.91. The predicted octanol–water partition coefficient (Wildman–Crippen LogP) is 3.58. The van der Waals surface area contributed by atoms with Crippen molar-refractivity contribution in [1.29, 1.82) is 0 Å². The number of benzene rings is 2. The Bertz CT molecular complexity index is 809. The first-order valence-electron chi connectivity index (χ1n) is 8.38. The lowest BCUT2D eigenvalue weighted by Gasteiger charge is -2.09. The lowest BCUT2D eigenvalue weighted by Crippen LogP contribution is -2.26. The monoisotopic (exact) mass is 377 g/mol. The molecule has 0 spiro atoms. The molecule has 0 aromatic heterocycles. The van der Waals surface area contributed by atoms with Crippen LogP contribution < -0.4 is 19.5 Å². The number of carbonyl (C=O) groups excluding carboxylic acids is 1. The summed E-state index contributed by atoms with van der Waals surface area (Å²) in [6.45, 7) is 2.75. The molecular formula is C20H21F2NO4. The van der Waals surface area contributed by atoms with Crippen molar-refractivity contribution in [1.82, 2.24) is 5.32 Å². The van der Waals surface area contributed by atoms with Gasteiger partial charge < -0.3 is 19.5 Å². The third kappa shape index (κ3) is 6.29. The topological polar surface area (TPSA) is 56.8 Å². The van der Waals surface area contributed by atoms with Gasteiger partial charge in [-0.2, -0.15) is 0 Å². The Labute approximate surface area is 156 Å². The van der Waals surface area contributed by atoms with Gasteiger partial charge in [-0.15, -0.1) is 0 Å². The highest BCUT2D eigenvalue weighted by Gasteiger charge is 2.05. The minimum absolute atomic E-state index is 0.127. The summed E-state index contributed by atoms with van der Waals surface area (Å²) < 4.78 is 41.8. The van der Waals surface area contributed by atoms with Crippen molar-refractivity contribution in [2.24, 2.45) is 0 Å². The van der Waals surface area contributed by atoms with Gasteiger partial charge in [0.1, 0.15) is 12.4 Å². The Kier molecular flexibility index (Phi) is 7.61. The molecule has 2 aromatic carbocycles. The standard InChI is InChI=1S/C20H21F2NO4/c1-3-26-18-8-4-14(12-19(18)25-2)5-9-20(24)23-10-11-27-15-6-7-16(21)17(22)13-15/h4-9,12-13H,3,10-11H2,1-2H3,(H,23,24). The Morgan fingerprint density at radius 3 is 2.59 bits per heavy atom. The number of amides is 1. The van der Waals surface area contributed by atoms with E-state index in [-0.39, 0.29) is 24.8 Å². The first-order chi connectivity index (χ1) is 13.0. The number of halogens is 2. The molecule has 144 valence electrons. The van der Waals surface area contributed by atoms with E-state index >= 15 is 0 Å². The molecule has 0 unspecified atom stereocenters. The summed E-state index contributed by atoms with van der Waals surface area (Å²) in [5, 5.41) is 2.63. The number of carbonyl (C=O) groups is 1. The summed E-state index contributed by atoms with van der Waals surface area (Å²) in [7, 11) is 1.55. The van der Waals surface area contributed by atoms with Crippen molar-refractivity contribution in [3.63, 3.8) is 0 Å². The van der Waals surface area contributed by atoms with E-state index in [9.17, 15) is 13.6 Å². The zero-order valence-corrected chi connectivity index (χ0v) is 15.1. The lowest BCUT2D eigenvalue weighted by molar-refractivity contribution is -0.116. The molecule has 0 fully saturated rings. The van der Waals surface area contributed by atoms with E-state index in [1.807, 2.05) is 13.0 Å². The SMILES string of the molecule is CCOc1ccc(C=CC(=O)NCCOc2ccc(F)c(F)c2)cc1OC. The Balaban J connectivity index is 1.80. The van der Waals surface area contributed by atoms with Crippen molar-refractivity contribution < 1.29 is 27.8 Å². The molecule has 0 aliphatic heterocycles. The maximum Gasteiger partial charge on any atom is 0.244 e. The van der Waals surface area contributed by atoms with Crippen LogP contribution in [0, 0.1) is 11.6 Å². The zero-order chi connectivity index (χ0) is 19.6. The molecule has 0 radical (unpaired) electrons. The van der Waals surface area contributed by atoms with Gasteiger partial charge in [0, 0.05) is 12.1 Å². The van der Waals surface area contributed by atoms with Gasteiger partial charge in [0.2, 0.25) is 5.91 Å². The summed E-state index contributed by atoms with van der Waals surface area (Å²) >= 11 is 0. The molecule has 0 saturated heterocycles. The van der Waals surface area contributed by atoms with Crippen LogP contribution in [0.5, 0.6) is 17.2 Å². The molecule has 0 atom stereocenters. The summed E-state index contributed by atoms with van der Waals surface area (Å²) in [5.74, 6) is -0.816. The van der Waals surface area contributed by atoms with Gasteiger partial charge in [-0.25, -0.2) is 8.78 Å². The van der Waals surface area contributed by atoms with Crippen LogP contribution in [0.25, 0.3) is 6.08 Å². The average Bonchev–Trinajstić information content (AvgIpc) is 2.67. The fourth-order valence-electron chi connectivity index (χ4n) is 2.20. The molecule has 0 aliphatic rings. The molecule has 27 heavy (non-hydrogen) atoms. The Hall–Kier alpha value is -3.09. The van der Waals surface area contributed by atoms with Crippen LogP contribution >= 0.6 is 0 Å². The van der Waals surface area contributed by atoms with Crippen molar-refractivity contribution in [2.75, 3.05) is 26.9 Å². The molecule has 5 nitrogen and oxygen atoms in total. The maximum atomic E-state index is 13.0. The van der Waals surface area contributed by atoms with E-state index < -0.39 is 11.6 Å². The van der Waals surface area contributed by atoms with Gasteiger partial charge in [0.05, 0.1) is 20.3 Å². The van der Waals surface area contributed by atoms with Gasteiger partial charge in [0.25, 0.3) is 0 Å². The highest BCUT2D eigenvalue weighted by Crippen LogP contribution is 2.28. The van der Waals surface area contributed by atoms with E-state index in [1.54, 1.807) is 25.3 Å². The van der Waals surface area contributed by atoms with Crippen LogP contribution in [-0.4, -0.2) is 32.8 Å². The molecule has 1 amide bonds. The lowest BCUT2D eigenvalue weighted by atomic mass is 10.2. The number of rotatable bonds is 9. The normalized spacial score (nSPS) is 10.7. The van der Waals surface area contributed by atoms with E-state index in [2.05, 4.69) is 5.32 Å². The van der Waals surface area contributed by atoms with Crippen molar-refractivity contribution >= 4 is 12.0 Å². The number of hydrogen-bond donors (Lipinski definition) is 1. The molecule has 0 aliphatic carbocycles. The van der Waals surface area contributed by atoms with E-state index in [1.165, 1.54) is 12.1 Å². The summed E-state index contributed by atoms with van der Waals surface area (Å²) in [4.78, 5) is 11.8. The molecule has 0 bridgehead atoms. The molecule has 1 N–H and O–H groups in total. The van der Waals surface area contributed by atoms with Crippen LogP contribution in [-0.2, 0) is 4.79 Å². The van der Waals surface area contributed by atoms with Crippen molar-refractivity contribution in [2.45, 2.75) is 6.92 Å². The molecule has 2 aromatic rings. The van der Waals surface area contributed by atoms with Crippen LogP contribution in [0.3, 0.4) is 0 Å². The average molecular weight is 377 g/mol. The number of nitrogens with one attached hydrogen (secondary N) is 1. The first kappa shape index (κ1) is 20.2. The number of methoxy groups -OCH3 is 1. The summed E-state index contributed by atoms with van der Waals surface area (Å²) in [6.07, 6.45) is 3.02. The second kappa shape index (κ2) is 10.2. The molecule has 0 heterocycles. The predicted molar refractivity (Wildman–Crippen MR) is 98.1 cm³/mol. The summed E-state index contributed by atoms with van der Waals surface area (Å²) in [5.41, 5.74) is 0.781. The van der Waals surface area contributed by atoms with Gasteiger partial charge in [-0.1, -0.05) is 6.07 Å². The fourth-order valence-corrected chi connectivity index (χ4v) is 2.20. The fraction of sp³-hybridized carbons (Fsp3) is 0.250. The van der Waals surface area contributed by atoms with Crippen LogP contribution in [0.2, 0.25) is 0 Å². The number of hydrogen-bond acceptors (Lipinski definition) is 4.